The molecule has 1 amide bonds. The van der Waals surface area contributed by atoms with Gasteiger partial charge in [0.25, 0.3) is 5.91 Å². The number of aromatic nitrogens is 3. The number of carbonyl (C=O) groups is 1. The van der Waals surface area contributed by atoms with Gasteiger partial charge in [0.15, 0.2) is 12.4 Å². The number of carbonyl (C=O) groups excluding carboxylic acids is 1. The zero-order valence-corrected chi connectivity index (χ0v) is 17.9. The Kier molecular flexibility index (Phi) is 6.07. The Bertz CT molecular complexity index is 1360. The molecule has 0 spiro atoms. The summed E-state index contributed by atoms with van der Waals surface area (Å²) in [6, 6.07) is 17.0. The van der Waals surface area contributed by atoms with E-state index in [0.717, 1.165) is 22.7 Å². The van der Waals surface area contributed by atoms with Crippen molar-refractivity contribution in [1.29, 1.82) is 0 Å². The van der Waals surface area contributed by atoms with Gasteiger partial charge in [0.05, 0.1) is 17.3 Å². The van der Waals surface area contributed by atoms with Crippen LogP contribution < -0.4 is 10.2 Å². The molecule has 1 N–H and O–H groups in total. The number of amides is 1. The van der Waals surface area contributed by atoms with Crippen molar-refractivity contribution in [2.75, 3.05) is 0 Å². The highest BCUT2D eigenvalue weighted by atomic mass is 16.6. The quantitative estimate of drug-likeness (QED) is 0.262. The van der Waals surface area contributed by atoms with E-state index in [1.807, 2.05) is 61.5 Å². The number of pyridine rings is 1. The minimum absolute atomic E-state index is 0.265. The number of nitrogens with zero attached hydrogens (tertiary/aromatic N) is 5. The van der Waals surface area contributed by atoms with Crippen LogP contribution in [0.15, 0.2) is 65.9 Å². The number of hydrogen-bond donors (Lipinski definition) is 1. The molecule has 0 fully saturated rings. The van der Waals surface area contributed by atoms with E-state index in [2.05, 4.69) is 20.5 Å². The van der Waals surface area contributed by atoms with Gasteiger partial charge in [-0.3, -0.25) is 4.79 Å². The number of nitrogens with one attached hydrogen (secondary N) is 1. The Hall–Kier alpha value is -4.60. The van der Waals surface area contributed by atoms with Crippen LogP contribution in [0.1, 0.15) is 17.0 Å². The number of hydrazone groups is 1. The fourth-order valence-corrected chi connectivity index (χ4v) is 3.16. The second-order valence-corrected chi connectivity index (χ2v) is 7.29. The molecule has 0 saturated heterocycles. The number of nitro groups is 1. The number of fused-ring (bicyclic) bond motifs is 1. The van der Waals surface area contributed by atoms with Crippen LogP contribution in [0, 0.1) is 24.0 Å². The van der Waals surface area contributed by atoms with Gasteiger partial charge in [-0.15, -0.1) is 0 Å². The molecule has 0 aliphatic carbocycles. The number of rotatable bonds is 7. The van der Waals surface area contributed by atoms with E-state index < -0.39 is 10.8 Å². The predicted molar refractivity (Wildman–Crippen MR) is 122 cm³/mol. The van der Waals surface area contributed by atoms with Gasteiger partial charge in [-0.2, -0.15) is 5.10 Å². The summed E-state index contributed by atoms with van der Waals surface area (Å²) in [4.78, 5) is 31.3. The van der Waals surface area contributed by atoms with Gasteiger partial charge in [-0.05, 0) is 36.1 Å². The first-order valence-electron chi connectivity index (χ1n) is 10.0. The minimum Gasteiger partial charge on any atom is -0.438 e. The first-order valence-corrected chi connectivity index (χ1v) is 10.0. The topological polar surface area (TPSA) is 125 Å². The van der Waals surface area contributed by atoms with Crippen LogP contribution in [-0.2, 0) is 11.3 Å². The van der Waals surface area contributed by atoms with Crippen molar-refractivity contribution in [3.8, 4) is 11.6 Å². The van der Waals surface area contributed by atoms with Crippen LogP contribution in [0.25, 0.3) is 10.9 Å². The lowest BCUT2D eigenvalue weighted by molar-refractivity contribution is -0.392. The third kappa shape index (κ3) is 5.01. The van der Waals surface area contributed by atoms with Gasteiger partial charge in [0.1, 0.15) is 11.9 Å². The Morgan fingerprint density at radius 3 is 2.73 bits per heavy atom. The van der Waals surface area contributed by atoms with Gasteiger partial charge in [0, 0.05) is 12.3 Å². The summed E-state index contributed by atoms with van der Waals surface area (Å²) in [7, 11) is 0. The molecule has 0 aliphatic heterocycles. The molecule has 0 radical (unpaired) electrons. The van der Waals surface area contributed by atoms with Crippen molar-refractivity contribution in [3.63, 3.8) is 0 Å². The molecule has 2 aromatic carbocycles. The Labute approximate surface area is 188 Å². The van der Waals surface area contributed by atoms with Crippen LogP contribution in [0.2, 0.25) is 0 Å². The van der Waals surface area contributed by atoms with Crippen molar-refractivity contribution in [1.82, 2.24) is 20.0 Å². The average Bonchev–Trinajstić information content (AvgIpc) is 3.16. The molecule has 166 valence electrons. The van der Waals surface area contributed by atoms with E-state index in [-0.39, 0.29) is 12.4 Å². The first-order chi connectivity index (χ1) is 15.9. The molecule has 0 atom stereocenters. The van der Waals surface area contributed by atoms with E-state index >= 15 is 0 Å². The minimum atomic E-state index is -0.591. The number of imidazole rings is 1. The maximum absolute atomic E-state index is 12.3. The number of para-hydroxylation sites is 1. The largest absolute Gasteiger partial charge is 0.438 e. The van der Waals surface area contributed by atoms with E-state index in [1.54, 1.807) is 6.92 Å². The van der Waals surface area contributed by atoms with Crippen LogP contribution in [0.3, 0.4) is 0 Å². The molecule has 0 saturated carbocycles. The molecular formula is C23H20N6O4. The number of aryl methyl sites for hydroxylation is 2. The number of benzene rings is 2. The van der Waals surface area contributed by atoms with Gasteiger partial charge >= 0.3 is 5.82 Å². The molecule has 2 heterocycles. The Balaban J connectivity index is 1.55. The molecule has 0 bridgehead atoms. The molecule has 4 rings (SSSR count). The smallest absolute Gasteiger partial charge is 0.343 e. The third-order valence-corrected chi connectivity index (χ3v) is 4.87. The van der Waals surface area contributed by atoms with Crippen molar-refractivity contribution in [3.05, 3.63) is 87.9 Å². The van der Waals surface area contributed by atoms with Gasteiger partial charge < -0.3 is 14.9 Å². The zero-order chi connectivity index (χ0) is 23.4. The summed E-state index contributed by atoms with van der Waals surface area (Å²) < 4.78 is 7.17. The SMILES string of the molecule is Cc1ccc(Oc2nc3ccccc3cc2/C=N/NC(=O)Cn2c([N+](=O)[O-])cnc2C)cc1. The average molecular weight is 444 g/mol. The van der Waals surface area contributed by atoms with Crippen LogP contribution in [0.5, 0.6) is 11.6 Å². The fourth-order valence-electron chi connectivity index (χ4n) is 3.16. The molecule has 0 aliphatic rings. The normalized spacial score (nSPS) is 11.1. The lowest BCUT2D eigenvalue weighted by Gasteiger charge is -2.09. The van der Waals surface area contributed by atoms with Crippen molar-refractivity contribution in [2.45, 2.75) is 20.4 Å². The molecular weight excluding hydrogens is 424 g/mol. The molecule has 2 aromatic heterocycles. The van der Waals surface area contributed by atoms with Gasteiger partial charge in [-0.1, -0.05) is 35.9 Å². The fraction of sp³-hybridized carbons (Fsp3) is 0.130. The monoisotopic (exact) mass is 444 g/mol. The summed E-state index contributed by atoms with van der Waals surface area (Å²) >= 11 is 0. The third-order valence-electron chi connectivity index (χ3n) is 4.87. The lowest BCUT2D eigenvalue weighted by Crippen LogP contribution is -2.24. The summed E-state index contributed by atoms with van der Waals surface area (Å²) in [6.45, 7) is 3.28. The highest BCUT2D eigenvalue weighted by Gasteiger charge is 2.20. The van der Waals surface area contributed by atoms with Crippen LogP contribution in [-0.4, -0.2) is 31.6 Å². The second kappa shape index (κ2) is 9.27. The Morgan fingerprint density at radius 2 is 1.97 bits per heavy atom. The van der Waals surface area contributed by atoms with Crippen molar-refractivity contribution < 1.29 is 14.5 Å². The van der Waals surface area contributed by atoms with E-state index in [9.17, 15) is 14.9 Å². The van der Waals surface area contributed by atoms with Crippen LogP contribution in [0.4, 0.5) is 5.82 Å². The van der Waals surface area contributed by atoms with Gasteiger partial charge in [0.2, 0.25) is 5.88 Å². The first kappa shape index (κ1) is 21.6. The standard InChI is InChI=1S/C23H20N6O4/c1-15-7-9-19(10-8-15)33-23-18(11-17-5-3-4-6-20(17)26-23)12-25-27-21(30)14-28-16(2)24-13-22(28)29(31)32/h3-13H,14H2,1-2H3,(H,27,30)/b25-12+. The highest BCUT2D eigenvalue weighted by molar-refractivity contribution is 5.91. The number of ether oxygens (including phenoxy) is 1. The molecule has 4 aromatic rings. The van der Waals surface area contributed by atoms with E-state index in [0.29, 0.717) is 23.0 Å². The van der Waals surface area contributed by atoms with Crippen molar-refractivity contribution in [2.24, 2.45) is 5.10 Å². The molecule has 10 nitrogen and oxygen atoms in total. The van der Waals surface area contributed by atoms with E-state index in [1.165, 1.54) is 10.8 Å². The predicted octanol–water partition coefficient (Wildman–Crippen LogP) is 3.90. The highest BCUT2D eigenvalue weighted by Crippen LogP contribution is 2.26. The summed E-state index contributed by atoms with van der Waals surface area (Å²) in [5, 5.41) is 16.0. The zero-order valence-electron chi connectivity index (χ0n) is 17.9. The Morgan fingerprint density at radius 1 is 1.21 bits per heavy atom. The van der Waals surface area contributed by atoms with Crippen molar-refractivity contribution >= 4 is 28.8 Å². The lowest BCUT2D eigenvalue weighted by atomic mass is 10.1. The summed E-state index contributed by atoms with van der Waals surface area (Å²) in [6.07, 6.45) is 2.54. The molecule has 0 unspecified atom stereocenters. The second-order valence-electron chi connectivity index (χ2n) is 7.29. The maximum atomic E-state index is 12.3. The summed E-state index contributed by atoms with van der Waals surface area (Å²) in [5.41, 5.74) is 4.80. The maximum Gasteiger partial charge on any atom is 0.343 e. The molecule has 10 heteroatoms. The van der Waals surface area contributed by atoms with E-state index in [4.69, 9.17) is 4.74 Å². The molecule has 33 heavy (non-hydrogen) atoms. The summed E-state index contributed by atoms with van der Waals surface area (Å²) in [5.74, 6) is 0.499. The van der Waals surface area contributed by atoms with Crippen LogP contribution >= 0.6 is 0 Å². The van der Waals surface area contributed by atoms with Gasteiger partial charge in [-0.25, -0.2) is 20.0 Å². The number of hydrogen-bond acceptors (Lipinski definition) is 7.